The number of aliphatic hydroxyl groups is 1. The van der Waals surface area contributed by atoms with Crippen molar-refractivity contribution >= 4 is 23.8 Å². The van der Waals surface area contributed by atoms with Crippen LogP contribution in [0.2, 0.25) is 0 Å². The zero-order chi connectivity index (χ0) is 16.5. The van der Waals surface area contributed by atoms with E-state index in [0.29, 0.717) is 0 Å². The molecular formula is C21H23OP. The molecule has 2 heteroatoms. The van der Waals surface area contributed by atoms with E-state index in [1.54, 1.807) is 13.8 Å². The third kappa shape index (κ3) is 5.63. The van der Waals surface area contributed by atoms with Gasteiger partial charge in [-0.05, 0) is 37.7 Å². The van der Waals surface area contributed by atoms with Gasteiger partial charge < -0.3 is 5.11 Å². The molecule has 0 aliphatic carbocycles. The van der Waals surface area contributed by atoms with E-state index in [1.165, 1.54) is 15.9 Å². The largest absolute Gasteiger partial charge is 0.394 e. The van der Waals surface area contributed by atoms with E-state index >= 15 is 0 Å². The minimum Gasteiger partial charge on any atom is -0.394 e. The Morgan fingerprint density at radius 3 is 1.00 bits per heavy atom. The SMILES string of the molecule is CC(C)O.c1ccc(P(c2ccccc2)c2ccccc2)cc1. The van der Waals surface area contributed by atoms with Crippen LogP contribution in [-0.2, 0) is 0 Å². The Morgan fingerprint density at radius 1 is 0.565 bits per heavy atom. The van der Waals surface area contributed by atoms with E-state index in [-0.39, 0.29) is 6.10 Å². The number of rotatable bonds is 3. The molecule has 0 atom stereocenters. The first-order chi connectivity index (χ1) is 11.2. The Bertz CT molecular complexity index is 569. The summed E-state index contributed by atoms with van der Waals surface area (Å²) < 4.78 is 0. The fourth-order valence-electron chi connectivity index (χ4n) is 2.18. The van der Waals surface area contributed by atoms with Gasteiger partial charge in [0.2, 0.25) is 0 Å². The van der Waals surface area contributed by atoms with Crippen LogP contribution in [0.5, 0.6) is 0 Å². The second-order valence-electron chi connectivity index (χ2n) is 5.44. The highest BCUT2D eigenvalue weighted by Gasteiger charge is 2.14. The van der Waals surface area contributed by atoms with Gasteiger partial charge in [0, 0.05) is 6.10 Å². The molecular weight excluding hydrogens is 299 g/mol. The Morgan fingerprint density at radius 2 is 0.783 bits per heavy atom. The highest BCUT2D eigenvalue weighted by atomic mass is 31.1. The van der Waals surface area contributed by atoms with Crippen LogP contribution in [0.15, 0.2) is 91.0 Å². The third-order valence-electron chi connectivity index (χ3n) is 3.04. The van der Waals surface area contributed by atoms with Gasteiger partial charge >= 0.3 is 0 Å². The minimum atomic E-state index is -0.446. The molecule has 3 rings (SSSR count). The minimum absolute atomic E-state index is 0.167. The molecule has 3 aromatic rings. The molecule has 0 fully saturated rings. The second kappa shape index (κ2) is 9.25. The summed E-state index contributed by atoms with van der Waals surface area (Å²) in [7, 11) is -0.446. The zero-order valence-corrected chi connectivity index (χ0v) is 14.5. The molecule has 118 valence electrons. The van der Waals surface area contributed by atoms with Gasteiger partial charge in [-0.3, -0.25) is 0 Å². The van der Waals surface area contributed by atoms with E-state index in [2.05, 4.69) is 91.0 Å². The Labute approximate surface area is 140 Å². The first kappa shape index (κ1) is 17.4. The maximum Gasteiger partial charge on any atom is 0.0483 e. The average molecular weight is 322 g/mol. The van der Waals surface area contributed by atoms with Gasteiger partial charge in [-0.2, -0.15) is 0 Å². The van der Waals surface area contributed by atoms with Gasteiger partial charge in [0.1, 0.15) is 0 Å². The van der Waals surface area contributed by atoms with E-state index in [9.17, 15) is 0 Å². The summed E-state index contributed by atoms with van der Waals surface area (Å²) in [6.45, 7) is 3.44. The van der Waals surface area contributed by atoms with Crippen LogP contribution in [0.4, 0.5) is 0 Å². The van der Waals surface area contributed by atoms with Gasteiger partial charge in [0.15, 0.2) is 0 Å². The predicted molar refractivity (Wildman–Crippen MR) is 103 cm³/mol. The maximum atomic E-state index is 8.06. The van der Waals surface area contributed by atoms with Crippen molar-refractivity contribution in [3.8, 4) is 0 Å². The molecule has 1 N–H and O–H groups in total. The molecule has 0 spiro atoms. The molecule has 0 saturated carbocycles. The fraction of sp³-hybridized carbons (Fsp3) is 0.143. The lowest BCUT2D eigenvalue weighted by Crippen LogP contribution is -2.20. The van der Waals surface area contributed by atoms with Crippen LogP contribution in [0.1, 0.15) is 13.8 Å². The highest BCUT2D eigenvalue weighted by Crippen LogP contribution is 2.32. The zero-order valence-electron chi connectivity index (χ0n) is 13.6. The summed E-state index contributed by atoms with van der Waals surface area (Å²) in [5, 5.41) is 12.2. The van der Waals surface area contributed by atoms with Crippen LogP contribution >= 0.6 is 7.92 Å². The van der Waals surface area contributed by atoms with Gasteiger partial charge in [-0.15, -0.1) is 0 Å². The topological polar surface area (TPSA) is 20.2 Å². The number of hydrogen-bond acceptors (Lipinski definition) is 1. The summed E-state index contributed by atoms with van der Waals surface area (Å²) in [4.78, 5) is 0. The molecule has 0 aliphatic rings. The van der Waals surface area contributed by atoms with E-state index in [0.717, 1.165) is 0 Å². The van der Waals surface area contributed by atoms with Gasteiger partial charge in [-0.25, -0.2) is 0 Å². The summed E-state index contributed by atoms with van der Waals surface area (Å²) in [6.07, 6.45) is -0.167. The first-order valence-electron chi connectivity index (χ1n) is 7.82. The summed E-state index contributed by atoms with van der Waals surface area (Å²) in [5.41, 5.74) is 0. The molecule has 0 heterocycles. The normalized spacial score (nSPS) is 10.3. The van der Waals surface area contributed by atoms with Crippen molar-refractivity contribution < 1.29 is 5.11 Å². The van der Waals surface area contributed by atoms with E-state index in [1.807, 2.05) is 0 Å². The van der Waals surface area contributed by atoms with Crippen molar-refractivity contribution in [1.29, 1.82) is 0 Å². The lowest BCUT2D eigenvalue weighted by atomic mass is 10.4. The Balaban J connectivity index is 0.000000433. The van der Waals surface area contributed by atoms with Crippen LogP contribution in [0.25, 0.3) is 0 Å². The number of aliphatic hydroxyl groups excluding tert-OH is 1. The van der Waals surface area contributed by atoms with Crippen molar-refractivity contribution in [2.75, 3.05) is 0 Å². The van der Waals surface area contributed by atoms with Gasteiger partial charge in [0.05, 0.1) is 0 Å². The van der Waals surface area contributed by atoms with Crippen LogP contribution < -0.4 is 15.9 Å². The smallest absolute Gasteiger partial charge is 0.0483 e. The maximum absolute atomic E-state index is 8.06. The molecule has 3 aromatic carbocycles. The average Bonchev–Trinajstić information content (AvgIpc) is 2.58. The fourth-order valence-corrected chi connectivity index (χ4v) is 4.48. The van der Waals surface area contributed by atoms with E-state index < -0.39 is 7.92 Å². The lowest BCUT2D eigenvalue weighted by molar-refractivity contribution is 0.216. The molecule has 1 nitrogen and oxygen atoms in total. The van der Waals surface area contributed by atoms with Crippen LogP contribution in [0, 0.1) is 0 Å². The molecule has 0 radical (unpaired) electrons. The van der Waals surface area contributed by atoms with Crippen molar-refractivity contribution in [3.05, 3.63) is 91.0 Å². The molecule has 0 saturated heterocycles. The number of hydrogen-bond donors (Lipinski definition) is 1. The standard InChI is InChI=1S/C18H15P.C3H8O/c1-4-10-16(11-5-1)19(17-12-6-2-7-13-17)18-14-8-3-9-15-18;1-3(2)4/h1-15H;3-4H,1-2H3. The van der Waals surface area contributed by atoms with Gasteiger partial charge in [0.25, 0.3) is 0 Å². The molecule has 0 amide bonds. The third-order valence-corrected chi connectivity index (χ3v) is 5.49. The molecule has 0 bridgehead atoms. The van der Waals surface area contributed by atoms with Crippen LogP contribution in [0.3, 0.4) is 0 Å². The van der Waals surface area contributed by atoms with Crippen molar-refractivity contribution in [1.82, 2.24) is 0 Å². The molecule has 23 heavy (non-hydrogen) atoms. The quantitative estimate of drug-likeness (QED) is 0.727. The second-order valence-corrected chi connectivity index (χ2v) is 7.66. The number of benzene rings is 3. The summed E-state index contributed by atoms with van der Waals surface area (Å²) in [6, 6.07) is 32.3. The van der Waals surface area contributed by atoms with Crippen molar-refractivity contribution in [2.45, 2.75) is 20.0 Å². The first-order valence-corrected chi connectivity index (χ1v) is 9.16. The Kier molecular flexibility index (Phi) is 7.00. The van der Waals surface area contributed by atoms with E-state index in [4.69, 9.17) is 5.11 Å². The lowest BCUT2D eigenvalue weighted by Gasteiger charge is -2.18. The highest BCUT2D eigenvalue weighted by molar-refractivity contribution is 7.79. The Hall–Kier alpha value is -1.95. The molecule has 0 aliphatic heterocycles. The van der Waals surface area contributed by atoms with Crippen LogP contribution in [-0.4, -0.2) is 11.2 Å². The molecule has 0 aromatic heterocycles. The summed E-state index contributed by atoms with van der Waals surface area (Å²) in [5.74, 6) is 0. The van der Waals surface area contributed by atoms with Crippen molar-refractivity contribution in [2.24, 2.45) is 0 Å². The monoisotopic (exact) mass is 322 g/mol. The summed E-state index contributed by atoms with van der Waals surface area (Å²) >= 11 is 0. The van der Waals surface area contributed by atoms with Crippen molar-refractivity contribution in [3.63, 3.8) is 0 Å². The molecule has 0 unspecified atom stereocenters. The predicted octanol–water partition coefficient (Wildman–Crippen LogP) is 3.83. The van der Waals surface area contributed by atoms with Gasteiger partial charge in [-0.1, -0.05) is 91.0 Å².